The van der Waals surface area contributed by atoms with Crippen LogP contribution in [0.5, 0.6) is 0 Å². The standard InChI is InChI=1S/C12H20ClNO2/c1-9-8-16-11(6-13)7-14(9)12(15)10-4-2-3-5-10/h9-11H,2-8H2,1H3. The third-order valence-electron chi connectivity index (χ3n) is 3.67. The number of alkyl halides is 1. The molecule has 2 fully saturated rings. The van der Waals surface area contributed by atoms with Gasteiger partial charge in [0.2, 0.25) is 5.91 Å². The van der Waals surface area contributed by atoms with E-state index in [1.165, 1.54) is 12.8 Å². The van der Waals surface area contributed by atoms with E-state index in [4.69, 9.17) is 16.3 Å². The molecule has 1 aliphatic heterocycles. The molecule has 0 aromatic rings. The highest BCUT2D eigenvalue weighted by Crippen LogP contribution is 2.28. The van der Waals surface area contributed by atoms with Crippen molar-refractivity contribution < 1.29 is 9.53 Å². The number of ether oxygens (including phenoxy) is 1. The van der Waals surface area contributed by atoms with Crippen molar-refractivity contribution in [3.8, 4) is 0 Å². The van der Waals surface area contributed by atoms with Crippen molar-refractivity contribution in [3.63, 3.8) is 0 Å². The van der Waals surface area contributed by atoms with Gasteiger partial charge in [-0.2, -0.15) is 0 Å². The molecule has 2 rings (SSSR count). The monoisotopic (exact) mass is 245 g/mol. The van der Waals surface area contributed by atoms with E-state index >= 15 is 0 Å². The summed E-state index contributed by atoms with van der Waals surface area (Å²) >= 11 is 5.79. The number of rotatable bonds is 2. The molecule has 2 aliphatic rings. The molecule has 1 amide bonds. The lowest BCUT2D eigenvalue weighted by molar-refractivity contribution is -0.147. The Morgan fingerprint density at radius 3 is 2.75 bits per heavy atom. The van der Waals surface area contributed by atoms with Gasteiger partial charge in [0, 0.05) is 12.5 Å². The zero-order valence-corrected chi connectivity index (χ0v) is 10.6. The lowest BCUT2D eigenvalue weighted by Crippen LogP contribution is -2.53. The zero-order chi connectivity index (χ0) is 11.5. The van der Waals surface area contributed by atoms with Crippen molar-refractivity contribution >= 4 is 17.5 Å². The van der Waals surface area contributed by atoms with E-state index in [2.05, 4.69) is 6.92 Å². The van der Waals surface area contributed by atoms with Crippen LogP contribution < -0.4 is 0 Å². The zero-order valence-electron chi connectivity index (χ0n) is 9.82. The summed E-state index contributed by atoms with van der Waals surface area (Å²) in [6.07, 6.45) is 4.55. The van der Waals surface area contributed by atoms with Crippen molar-refractivity contribution in [3.05, 3.63) is 0 Å². The van der Waals surface area contributed by atoms with Gasteiger partial charge in [0.1, 0.15) is 0 Å². The van der Waals surface area contributed by atoms with Crippen LogP contribution in [0.1, 0.15) is 32.6 Å². The predicted molar refractivity (Wildman–Crippen MR) is 63.6 cm³/mol. The van der Waals surface area contributed by atoms with Crippen LogP contribution in [0.2, 0.25) is 0 Å². The lowest BCUT2D eigenvalue weighted by Gasteiger charge is -2.38. The summed E-state index contributed by atoms with van der Waals surface area (Å²) in [4.78, 5) is 14.3. The quantitative estimate of drug-likeness (QED) is 0.697. The molecule has 0 spiro atoms. The largest absolute Gasteiger partial charge is 0.373 e. The highest BCUT2D eigenvalue weighted by molar-refractivity contribution is 6.18. The van der Waals surface area contributed by atoms with Gasteiger partial charge in [-0.05, 0) is 19.8 Å². The Labute approximate surface area is 102 Å². The first-order valence-electron chi connectivity index (χ1n) is 6.20. The Balaban J connectivity index is 1.97. The molecule has 0 radical (unpaired) electrons. The summed E-state index contributed by atoms with van der Waals surface area (Å²) in [6.45, 7) is 3.34. The predicted octanol–water partition coefficient (Wildman–Crippen LogP) is 2.03. The Kier molecular flexibility index (Phi) is 4.09. The minimum atomic E-state index is 0.0169. The maximum Gasteiger partial charge on any atom is 0.226 e. The van der Waals surface area contributed by atoms with Crippen LogP contribution in [-0.4, -0.2) is 42.0 Å². The highest BCUT2D eigenvalue weighted by Gasteiger charge is 2.34. The Morgan fingerprint density at radius 1 is 1.44 bits per heavy atom. The maximum atomic E-state index is 12.3. The first kappa shape index (κ1) is 12.2. The molecule has 1 saturated heterocycles. The van der Waals surface area contributed by atoms with Gasteiger partial charge in [-0.3, -0.25) is 4.79 Å². The smallest absolute Gasteiger partial charge is 0.226 e. The number of nitrogens with zero attached hydrogens (tertiary/aromatic N) is 1. The van der Waals surface area contributed by atoms with E-state index in [1.54, 1.807) is 0 Å². The average Bonchev–Trinajstić information content (AvgIpc) is 2.82. The molecule has 16 heavy (non-hydrogen) atoms. The van der Waals surface area contributed by atoms with Crippen molar-refractivity contribution in [2.45, 2.75) is 44.8 Å². The first-order chi connectivity index (χ1) is 7.72. The summed E-state index contributed by atoms with van der Waals surface area (Å²) in [6, 6.07) is 0.201. The molecule has 2 unspecified atom stereocenters. The van der Waals surface area contributed by atoms with E-state index < -0.39 is 0 Å². The van der Waals surface area contributed by atoms with Gasteiger partial charge in [-0.25, -0.2) is 0 Å². The summed E-state index contributed by atoms with van der Waals surface area (Å²) < 4.78 is 5.56. The summed E-state index contributed by atoms with van der Waals surface area (Å²) in [7, 11) is 0. The van der Waals surface area contributed by atoms with E-state index in [9.17, 15) is 4.79 Å². The van der Waals surface area contributed by atoms with Gasteiger partial charge in [-0.15, -0.1) is 11.6 Å². The molecule has 1 aliphatic carbocycles. The second-order valence-electron chi connectivity index (χ2n) is 4.93. The van der Waals surface area contributed by atoms with Crippen LogP contribution in [-0.2, 0) is 9.53 Å². The summed E-state index contributed by atoms with van der Waals surface area (Å²) in [5.74, 6) is 1.06. The Bertz CT molecular complexity index is 253. The van der Waals surface area contributed by atoms with Crippen LogP contribution in [0, 0.1) is 5.92 Å². The SMILES string of the molecule is CC1COC(CCl)CN1C(=O)C1CCCC1. The number of hydrogen-bond acceptors (Lipinski definition) is 2. The highest BCUT2D eigenvalue weighted by atomic mass is 35.5. The average molecular weight is 246 g/mol. The van der Waals surface area contributed by atoms with Crippen molar-refractivity contribution in [2.75, 3.05) is 19.0 Å². The van der Waals surface area contributed by atoms with E-state index in [0.29, 0.717) is 24.9 Å². The first-order valence-corrected chi connectivity index (χ1v) is 6.74. The minimum absolute atomic E-state index is 0.0169. The van der Waals surface area contributed by atoms with Crippen molar-refractivity contribution in [1.82, 2.24) is 4.90 Å². The molecule has 0 aromatic heterocycles. The van der Waals surface area contributed by atoms with Gasteiger partial charge in [0.25, 0.3) is 0 Å². The van der Waals surface area contributed by atoms with Crippen molar-refractivity contribution in [2.24, 2.45) is 5.92 Å². The number of carbonyl (C=O) groups is 1. The third kappa shape index (κ3) is 2.51. The summed E-state index contributed by atoms with van der Waals surface area (Å²) in [5, 5.41) is 0. The minimum Gasteiger partial charge on any atom is -0.373 e. The molecular formula is C12H20ClNO2. The topological polar surface area (TPSA) is 29.5 Å². The van der Waals surface area contributed by atoms with Gasteiger partial charge in [0.15, 0.2) is 0 Å². The van der Waals surface area contributed by atoms with E-state index in [-0.39, 0.29) is 18.1 Å². The number of carbonyl (C=O) groups excluding carboxylic acids is 1. The molecule has 2 atom stereocenters. The van der Waals surface area contributed by atoms with Crippen LogP contribution in [0.25, 0.3) is 0 Å². The number of hydrogen-bond donors (Lipinski definition) is 0. The van der Waals surface area contributed by atoms with Gasteiger partial charge >= 0.3 is 0 Å². The Hall–Kier alpha value is -0.280. The fourth-order valence-corrected chi connectivity index (χ4v) is 2.81. The van der Waals surface area contributed by atoms with Crippen molar-refractivity contribution in [1.29, 1.82) is 0 Å². The maximum absolute atomic E-state index is 12.3. The van der Waals surface area contributed by atoms with Gasteiger partial charge in [-0.1, -0.05) is 12.8 Å². The van der Waals surface area contributed by atoms with E-state index in [0.717, 1.165) is 12.8 Å². The second-order valence-corrected chi connectivity index (χ2v) is 5.24. The van der Waals surface area contributed by atoms with Gasteiger partial charge < -0.3 is 9.64 Å². The number of morpholine rings is 1. The molecule has 1 heterocycles. The van der Waals surface area contributed by atoms with Gasteiger partial charge in [0.05, 0.1) is 24.6 Å². The van der Waals surface area contributed by atoms with Crippen LogP contribution in [0.4, 0.5) is 0 Å². The molecular weight excluding hydrogens is 226 g/mol. The third-order valence-corrected chi connectivity index (χ3v) is 4.01. The molecule has 0 N–H and O–H groups in total. The summed E-state index contributed by atoms with van der Waals surface area (Å²) in [5.41, 5.74) is 0. The lowest BCUT2D eigenvalue weighted by atomic mass is 10.0. The van der Waals surface area contributed by atoms with Crippen LogP contribution >= 0.6 is 11.6 Å². The number of halogens is 1. The fourth-order valence-electron chi connectivity index (χ4n) is 2.63. The Morgan fingerprint density at radius 2 is 2.12 bits per heavy atom. The second kappa shape index (κ2) is 5.37. The molecule has 0 bridgehead atoms. The number of amides is 1. The normalized spacial score (nSPS) is 32.0. The van der Waals surface area contributed by atoms with Crippen LogP contribution in [0.15, 0.2) is 0 Å². The van der Waals surface area contributed by atoms with Crippen LogP contribution in [0.3, 0.4) is 0 Å². The molecule has 4 heteroatoms. The molecule has 0 aromatic carbocycles. The molecule has 3 nitrogen and oxygen atoms in total. The molecule has 92 valence electrons. The fraction of sp³-hybridized carbons (Fsp3) is 0.917. The molecule has 1 saturated carbocycles. The van der Waals surface area contributed by atoms with E-state index in [1.807, 2.05) is 4.90 Å².